The van der Waals surface area contributed by atoms with Gasteiger partial charge in [0, 0.05) is 11.7 Å². The van der Waals surface area contributed by atoms with Gasteiger partial charge in [0.15, 0.2) is 5.16 Å². The number of aryl methyl sites for hydroxylation is 3. The Balaban J connectivity index is 1.93. The highest BCUT2D eigenvalue weighted by Gasteiger charge is 2.22. The van der Waals surface area contributed by atoms with Crippen molar-refractivity contribution in [1.29, 1.82) is 0 Å². The molecule has 0 unspecified atom stereocenters. The zero-order valence-corrected chi connectivity index (χ0v) is 19.3. The molecule has 1 aromatic heterocycles. The van der Waals surface area contributed by atoms with Gasteiger partial charge in [-0.25, -0.2) is 4.98 Å². The number of para-hydroxylation sites is 1. The molecular weight excluding hydrogens is 394 g/mol. The van der Waals surface area contributed by atoms with E-state index in [-0.39, 0.29) is 17.5 Å². The molecular formula is C24H29N3O2S. The van der Waals surface area contributed by atoms with Crippen molar-refractivity contribution in [2.24, 2.45) is 0 Å². The van der Waals surface area contributed by atoms with Gasteiger partial charge in [-0.15, -0.1) is 0 Å². The molecule has 0 bridgehead atoms. The number of aromatic nitrogens is 2. The summed E-state index contributed by atoms with van der Waals surface area (Å²) in [6, 6.07) is 11.5. The number of hydrogen-bond donors (Lipinski definition) is 1. The van der Waals surface area contributed by atoms with Gasteiger partial charge in [0.1, 0.15) is 0 Å². The van der Waals surface area contributed by atoms with Crippen molar-refractivity contribution in [1.82, 2.24) is 9.55 Å². The van der Waals surface area contributed by atoms with Crippen LogP contribution in [0.4, 0.5) is 5.69 Å². The van der Waals surface area contributed by atoms with E-state index in [9.17, 15) is 9.59 Å². The van der Waals surface area contributed by atoms with Crippen LogP contribution in [0.3, 0.4) is 0 Å². The molecule has 2 atom stereocenters. The summed E-state index contributed by atoms with van der Waals surface area (Å²) in [7, 11) is 0. The van der Waals surface area contributed by atoms with Crippen molar-refractivity contribution in [3.8, 4) is 0 Å². The number of carbonyl (C=O) groups is 1. The van der Waals surface area contributed by atoms with E-state index in [0.717, 1.165) is 23.2 Å². The van der Waals surface area contributed by atoms with Gasteiger partial charge < -0.3 is 5.32 Å². The van der Waals surface area contributed by atoms with Crippen LogP contribution in [-0.4, -0.2) is 20.7 Å². The van der Waals surface area contributed by atoms with Gasteiger partial charge in [-0.05, 0) is 64.3 Å². The number of thioether (sulfide) groups is 1. The zero-order valence-electron chi connectivity index (χ0n) is 18.4. The molecule has 0 radical (unpaired) electrons. The highest BCUT2D eigenvalue weighted by atomic mass is 32.2. The predicted molar refractivity (Wildman–Crippen MR) is 126 cm³/mol. The van der Waals surface area contributed by atoms with E-state index < -0.39 is 5.25 Å². The zero-order chi connectivity index (χ0) is 22.0. The molecule has 0 spiro atoms. The lowest BCUT2D eigenvalue weighted by Gasteiger charge is -2.20. The first kappa shape index (κ1) is 22.1. The van der Waals surface area contributed by atoms with Gasteiger partial charge in [0.2, 0.25) is 5.91 Å². The van der Waals surface area contributed by atoms with Crippen LogP contribution in [0.5, 0.6) is 0 Å². The van der Waals surface area contributed by atoms with Crippen molar-refractivity contribution in [2.75, 3.05) is 5.32 Å². The SMILES string of the molecule is CC[C@H](C)n1c(S[C@H](C)C(=O)Nc2c(C)cc(C)cc2C)nc2ccccc2c1=O. The van der Waals surface area contributed by atoms with Crippen LogP contribution in [-0.2, 0) is 4.79 Å². The van der Waals surface area contributed by atoms with Crippen molar-refractivity contribution in [3.05, 3.63) is 63.4 Å². The van der Waals surface area contributed by atoms with Crippen LogP contribution in [0.2, 0.25) is 0 Å². The van der Waals surface area contributed by atoms with E-state index in [4.69, 9.17) is 4.98 Å². The lowest BCUT2D eigenvalue weighted by molar-refractivity contribution is -0.115. The third-order valence-electron chi connectivity index (χ3n) is 5.38. The third-order valence-corrected chi connectivity index (χ3v) is 6.45. The number of fused-ring (bicyclic) bond motifs is 1. The van der Waals surface area contributed by atoms with Gasteiger partial charge in [-0.1, -0.05) is 48.5 Å². The van der Waals surface area contributed by atoms with Gasteiger partial charge in [0.25, 0.3) is 5.56 Å². The van der Waals surface area contributed by atoms with E-state index in [1.54, 1.807) is 10.6 Å². The van der Waals surface area contributed by atoms with Gasteiger partial charge >= 0.3 is 0 Å². The molecule has 3 rings (SSSR count). The average molecular weight is 424 g/mol. The smallest absolute Gasteiger partial charge is 0.262 e. The quantitative estimate of drug-likeness (QED) is 0.425. The van der Waals surface area contributed by atoms with Crippen molar-refractivity contribution in [3.63, 3.8) is 0 Å². The minimum absolute atomic E-state index is 0.00560. The van der Waals surface area contributed by atoms with E-state index >= 15 is 0 Å². The predicted octanol–water partition coefficient (Wildman–Crippen LogP) is 5.41. The van der Waals surface area contributed by atoms with Gasteiger partial charge in [0.05, 0.1) is 16.2 Å². The Morgan fingerprint density at radius 1 is 1.13 bits per heavy atom. The Morgan fingerprint density at radius 3 is 2.40 bits per heavy atom. The van der Waals surface area contributed by atoms with Crippen molar-refractivity contribution < 1.29 is 4.79 Å². The number of benzene rings is 2. The molecule has 0 aliphatic carbocycles. The van der Waals surface area contributed by atoms with Crippen molar-refractivity contribution >= 4 is 34.3 Å². The molecule has 1 N–H and O–H groups in total. The highest BCUT2D eigenvalue weighted by Crippen LogP contribution is 2.28. The number of carbonyl (C=O) groups excluding carboxylic acids is 1. The Morgan fingerprint density at radius 2 is 1.77 bits per heavy atom. The molecule has 158 valence electrons. The minimum Gasteiger partial charge on any atom is -0.325 e. The molecule has 1 amide bonds. The summed E-state index contributed by atoms with van der Waals surface area (Å²) in [6.45, 7) is 11.9. The van der Waals surface area contributed by atoms with E-state index in [1.807, 2.05) is 59.7 Å². The molecule has 0 saturated heterocycles. The highest BCUT2D eigenvalue weighted by molar-refractivity contribution is 8.00. The molecule has 30 heavy (non-hydrogen) atoms. The Labute approximate surface area is 181 Å². The molecule has 3 aromatic rings. The van der Waals surface area contributed by atoms with Crippen LogP contribution in [0.25, 0.3) is 10.9 Å². The van der Waals surface area contributed by atoms with Crippen LogP contribution >= 0.6 is 11.8 Å². The van der Waals surface area contributed by atoms with Gasteiger partial charge in [-0.3, -0.25) is 14.2 Å². The summed E-state index contributed by atoms with van der Waals surface area (Å²) < 4.78 is 1.72. The lowest BCUT2D eigenvalue weighted by Crippen LogP contribution is -2.29. The van der Waals surface area contributed by atoms with Crippen LogP contribution < -0.4 is 10.9 Å². The molecule has 0 fully saturated rings. The van der Waals surface area contributed by atoms with E-state index in [0.29, 0.717) is 16.1 Å². The summed E-state index contributed by atoms with van der Waals surface area (Å²) in [5.41, 5.74) is 4.70. The summed E-state index contributed by atoms with van der Waals surface area (Å²) >= 11 is 1.32. The average Bonchev–Trinajstić information content (AvgIpc) is 2.70. The Bertz CT molecular complexity index is 1130. The number of nitrogens with one attached hydrogen (secondary N) is 1. The summed E-state index contributed by atoms with van der Waals surface area (Å²) in [6.07, 6.45) is 0.801. The second-order valence-electron chi connectivity index (χ2n) is 7.87. The summed E-state index contributed by atoms with van der Waals surface area (Å²) in [4.78, 5) is 30.8. The topological polar surface area (TPSA) is 64.0 Å². The van der Waals surface area contributed by atoms with Crippen LogP contribution in [0, 0.1) is 20.8 Å². The van der Waals surface area contributed by atoms with Crippen LogP contribution in [0.1, 0.15) is 49.9 Å². The van der Waals surface area contributed by atoms with E-state index in [2.05, 4.69) is 17.4 Å². The Kier molecular flexibility index (Phi) is 6.66. The van der Waals surface area contributed by atoms with Gasteiger partial charge in [-0.2, -0.15) is 0 Å². The van der Waals surface area contributed by atoms with E-state index in [1.165, 1.54) is 17.3 Å². The van der Waals surface area contributed by atoms with Crippen molar-refractivity contribution in [2.45, 2.75) is 64.4 Å². The largest absolute Gasteiger partial charge is 0.325 e. The maximum absolute atomic E-state index is 13.1. The molecule has 2 aromatic carbocycles. The standard InChI is InChI=1S/C24H29N3O2S/c1-7-17(5)27-23(29)19-10-8-9-11-20(19)25-24(27)30-18(6)22(28)26-21-15(3)12-14(2)13-16(21)4/h8-13,17-18H,7H2,1-6H3,(H,26,28)/t17-,18+/m0/s1. The summed E-state index contributed by atoms with van der Waals surface area (Å²) in [5.74, 6) is -0.104. The fourth-order valence-corrected chi connectivity index (χ4v) is 4.60. The minimum atomic E-state index is -0.409. The monoisotopic (exact) mass is 423 g/mol. The summed E-state index contributed by atoms with van der Waals surface area (Å²) in [5, 5.41) is 3.84. The third kappa shape index (κ3) is 4.43. The number of hydrogen-bond acceptors (Lipinski definition) is 4. The second-order valence-corrected chi connectivity index (χ2v) is 9.17. The number of nitrogens with zero attached hydrogens (tertiary/aromatic N) is 2. The van der Waals surface area contributed by atoms with Crippen LogP contribution in [0.15, 0.2) is 46.3 Å². The second kappa shape index (κ2) is 9.04. The number of rotatable bonds is 6. The molecule has 0 saturated carbocycles. The number of anilines is 1. The molecule has 0 aliphatic heterocycles. The first-order chi connectivity index (χ1) is 14.2. The first-order valence-corrected chi connectivity index (χ1v) is 11.2. The maximum Gasteiger partial charge on any atom is 0.262 e. The fourth-order valence-electron chi connectivity index (χ4n) is 3.59. The lowest BCUT2D eigenvalue weighted by atomic mass is 10.1. The Hall–Kier alpha value is -2.60. The molecule has 5 nitrogen and oxygen atoms in total. The molecule has 0 aliphatic rings. The fraction of sp³-hybridized carbons (Fsp3) is 0.375. The number of amides is 1. The maximum atomic E-state index is 13.1. The molecule has 6 heteroatoms. The normalized spacial score (nSPS) is 13.3. The first-order valence-electron chi connectivity index (χ1n) is 10.3. The molecule has 1 heterocycles.